The van der Waals surface area contributed by atoms with E-state index in [0.29, 0.717) is 111 Å². The molecule has 3 atom stereocenters. The third-order valence-electron chi connectivity index (χ3n) is 15.6. The van der Waals surface area contributed by atoms with Gasteiger partial charge in [-0.15, -0.1) is 13.2 Å². The van der Waals surface area contributed by atoms with Crippen LogP contribution < -0.4 is 35.6 Å². The van der Waals surface area contributed by atoms with Crippen LogP contribution in [0.5, 0.6) is 5.75 Å². The maximum atomic E-state index is 14.1. The van der Waals surface area contributed by atoms with Gasteiger partial charge in [0, 0.05) is 111 Å². The highest BCUT2D eigenvalue weighted by atomic mass is 32.2. The fraction of sp³-hybridized carbons (Fsp3) is 0.463. The molecule has 0 spiro atoms. The number of hydrogen-bond acceptors (Lipinski definition) is 13. The maximum Gasteiger partial charge on any atom is 0.573 e. The fourth-order valence-electron chi connectivity index (χ4n) is 11.4. The van der Waals surface area contributed by atoms with Gasteiger partial charge in [-0.05, 0) is 113 Å². The van der Waals surface area contributed by atoms with E-state index >= 15 is 0 Å². The summed E-state index contributed by atoms with van der Waals surface area (Å²) < 4.78 is 113. The number of alkyl halides is 6. The molecule has 78 heavy (non-hydrogen) atoms. The Bertz CT molecular complexity index is 3380. The van der Waals surface area contributed by atoms with Crippen LogP contribution in [0.3, 0.4) is 0 Å². The number of nitrogens with one attached hydrogen (secondary N) is 2. The number of aryl methyl sites for hydroxylation is 1. The average molecular weight is 1110 g/mol. The number of aliphatic hydroxyl groups is 1. The van der Waals surface area contributed by atoms with Crippen LogP contribution in [0.25, 0.3) is 11.3 Å². The molecule has 2 aromatic carbocycles. The number of ether oxygens (including phenoxy) is 1. The van der Waals surface area contributed by atoms with Crippen molar-refractivity contribution in [2.75, 3.05) is 58.1 Å². The van der Waals surface area contributed by atoms with E-state index in [-0.39, 0.29) is 41.0 Å². The van der Waals surface area contributed by atoms with Crippen LogP contribution in [0, 0.1) is 5.41 Å². The number of benzene rings is 2. The van der Waals surface area contributed by atoms with E-state index < -0.39 is 55.8 Å². The van der Waals surface area contributed by atoms with Crippen molar-refractivity contribution in [2.45, 2.75) is 121 Å². The van der Waals surface area contributed by atoms with Crippen LogP contribution in [0.2, 0.25) is 0 Å². The van der Waals surface area contributed by atoms with Gasteiger partial charge in [-0.3, -0.25) is 24.2 Å². The van der Waals surface area contributed by atoms with Gasteiger partial charge < -0.3 is 39.4 Å². The van der Waals surface area contributed by atoms with E-state index in [1.54, 1.807) is 47.4 Å². The van der Waals surface area contributed by atoms with Gasteiger partial charge in [-0.25, -0.2) is 18.4 Å². The molecule has 24 heteroatoms. The number of aliphatic hydroxyl groups excluding tert-OH is 1. The summed E-state index contributed by atoms with van der Waals surface area (Å²) in [6.07, 6.45) is -3.60. The lowest BCUT2D eigenvalue weighted by atomic mass is 9.90. The molecule has 17 nitrogen and oxygen atoms in total. The Morgan fingerprint density at radius 2 is 1.69 bits per heavy atom. The number of piperazine rings is 1. The second-order valence-electron chi connectivity index (χ2n) is 21.8. The molecule has 0 radical (unpaired) electrons. The minimum absolute atomic E-state index is 0.0254. The van der Waals surface area contributed by atoms with Crippen LogP contribution >= 0.6 is 0 Å². The normalized spacial score (nSPS) is 20.1. The number of anilines is 6. The molecule has 0 saturated carbocycles. The van der Waals surface area contributed by atoms with Crippen LogP contribution in [-0.2, 0) is 47.7 Å². The number of hydrogen-bond donors (Lipinski definition) is 3. The number of fused-ring (bicyclic) bond motifs is 3. The Labute approximate surface area is 447 Å². The van der Waals surface area contributed by atoms with Crippen LogP contribution in [0.15, 0.2) is 83.3 Å². The van der Waals surface area contributed by atoms with Gasteiger partial charge in [0.15, 0.2) is 20.4 Å². The number of halogens is 6. The lowest BCUT2D eigenvalue weighted by molar-refractivity contribution is -0.275. The van der Waals surface area contributed by atoms with Crippen molar-refractivity contribution in [1.29, 1.82) is 0 Å². The van der Waals surface area contributed by atoms with Gasteiger partial charge in [0.1, 0.15) is 22.2 Å². The molecule has 418 valence electrons. The summed E-state index contributed by atoms with van der Waals surface area (Å²) >= 11 is 0. The zero-order valence-corrected chi connectivity index (χ0v) is 45.0. The molecule has 5 aromatic rings. The lowest BCUT2D eigenvalue weighted by Crippen LogP contribution is -2.58. The first kappa shape index (κ1) is 55.8. The molecule has 3 N–H and O–H groups in total. The quantitative estimate of drug-likeness (QED) is 0.0755. The van der Waals surface area contributed by atoms with Gasteiger partial charge in [0.2, 0.25) is 5.91 Å². The number of carbonyl (C=O) groups excluding carboxylic acids is 2. The average Bonchev–Trinajstić information content (AvgIpc) is 3.99. The van der Waals surface area contributed by atoms with Crippen molar-refractivity contribution >= 4 is 56.0 Å². The summed E-state index contributed by atoms with van der Waals surface area (Å²) in [5.74, 6) is -1.70. The summed E-state index contributed by atoms with van der Waals surface area (Å²) in [5, 5.41) is 16.9. The first-order chi connectivity index (χ1) is 36.5. The topological polar surface area (TPSA) is 187 Å². The molecule has 3 aromatic heterocycles. The van der Waals surface area contributed by atoms with Gasteiger partial charge in [-0.2, -0.15) is 13.2 Å². The summed E-state index contributed by atoms with van der Waals surface area (Å²) in [4.78, 5) is 56.6. The number of sulfone groups is 1. The Hall–Kier alpha value is -6.92. The lowest BCUT2D eigenvalue weighted by Gasteiger charge is -2.48. The van der Waals surface area contributed by atoms with E-state index in [0.717, 1.165) is 31.1 Å². The largest absolute Gasteiger partial charge is 0.573 e. The number of nitrogens with zero attached hydrogens (tertiary/aromatic N) is 8. The molecular weight excluding hydrogens is 1050 g/mol. The minimum atomic E-state index is -5.41. The molecule has 2 fully saturated rings. The van der Waals surface area contributed by atoms with Crippen molar-refractivity contribution in [3.8, 4) is 17.0 Å². The second-order valence-corrected chi connectivity index (χ2v) is 24.3. The van der Waals surface area contributed by atoms with Crippen molar-refractivity contribution < 1.29 is 54.2 Å². The third kappa shape index (κ3) is 10.4. The zero-order valence-electron chi connectivity index (χ0n) is 44.2. The van der Waals surface area contributed by atoms with Crippen molar-refractivity contribution in [3.63, 3.8) is 0 Å². The van der Waals surface area contributed by atoms with Crippen LogP contribution in [0.1, 0.15) is 81.7 Å². The van der Waals surface area contributed by atoms with Gasteiger partial charge in [-0.1, -0.05) is 20.4 Å². The first-order valence-electron chi connectivity index (χ1n) is 25.6. The number of pyridine rings is 1. The number of piperidine rings is 1. The molecular formula is C54H62F6N10O7S. The molecule has 9 rings (SSSR count). The molecule has 2 amide bonds. The summed E-state index contributed by atoms with van der Waals surface area (Å²) in [6.45, 7) is 15.2. The molecule has 4 aliphatic rings. The Kier molecular flexibility index (Phi) is 14.6. The van der Waals surface area contributed by atoms with Gasteiger partial charge in [0.05, 0.1) is 23.7 Å². The fourth-order valence-corrected chi connectivity index (χ4v) is 12.9. The van der Waals surface area contributed by atoms with E-state index in [9.17, 15) is 54.3 Å². The summed E-state index contributed by atoms with van der Waals surface area (Å²) in [7, 11) is -3.83. The number of rotatable bonds is 13. The van der Waals surface area contributed by atoms with E-state index in [4.69, 9.17) is 4.98 Å². The predicted molar refractivity (Wildman–Crippen MR) is 283 cm³/mol. The molecule has 1 unspecified atom stereocenters. The highest BCUT2D eigenvalue weighted by Gasteiger charge is 2.58. The monoisotopic (exact) mass is 1110 g/mol. The molecule has 1 aliphatic carbocycles. The minimum Gasteiger partial charge on any atom is -0.404 e. The Balaban J connectivity index is 0.906. The van der Waals surface area contributed by atoms with Crippen LogP contribution in [0.4, 0.5) is 60.7 Å². The smallest absolute Gasteiger partial charge is 0.404 e. The predicted octanol–water partition coefficient (Wildman–Crippen LogP) is 8.37. The van der Waals surface area contributed by atoms with Crippen molar-refractivity contribution in [2.24, 2.45) is 12.5 Å². The zero-order chi connectivity index (χ0) is 56.6. The number of amides is 2. The van der Waals surface area contributed by atoms with Gasteiger partial charge >= 0.3 is 12.5 Å². The van der Waals surface area contributed by atoms with Crippen LogP contribution in [-0.4, -0.2) is 117 Å². The van der Waals surface area contributed by atoms with E-state index in [1.165, 1.54) is 21.9 Å². The molecule has 6 heterocycles. The van der Waals surface area contributed by atoms with Gasteiger partial charge in [0.25, 0.3) is 11.5 Å². The summed E-state index contributed by atoms with van der Waals surface area (Å²) in [5.41, 5.74) is 5.43. The highest BCUT2D eigenvalue weighted by Crippen LogP contribution is 2.46. The number of aromatic nitrogens is 4. The maximum absolute atomic E-state index is 14.1. The first-order valence-corrected chi connectivity index (χ1v) is 27.0. The molecule has 2 saturated heterocycles. The van der Waals surface area contributed by atoms with E-state index in [1.807, 2.05) is 26.0 Å². The number of carbonyl (C=O) groups is 2. The highest BCUT2D eigenvalue weighted by molar-refractivity contribution is 7.93. The Morgan fingerprint density at radius 3 is 2.36 bits per heavy atom. The van der Waals surface area contributed by atoms with E-state index in [2.05, 4.69) is 55.1 Å². The second kappa shape index (κ2) is 20.4. The standard InChI is InChI=1S/C54H62F6N10O7S/c1-9-46(72)63-39-24-34(62-47-50(74)65(8)29-40(64-47)37-14-16-61-48(38(37)30-71)70-21-20-69-42(49(70)73)23-33-26-51(4,5)27-43(33)69)10-12-41(39)68-19-18-66(28-32(68)3)35-15-17-67(31(2)22-35)36-11-13-45(44(25-36)77-54(58,59)60)78(75,76)52(6,7)53(55,56)57/h9-14,16,23-25,29,31-32,35,71H,1,15,17-22,26-28,30H2,2-8H3,(H,62,64)(H,63,72)/t31-,32-,35?/m0/s1. The third-order valence-corrected chi connectivity index (χ3v) is 18.1. The van der Waals surface area contributed by atoms with Crippen molar-refractivity contribution in [3.05, 3.63) is 106 Å². The Morgan fingerprint density at radius 1 is 0.949 bits per heavy atom. The summed E-state index contributed by atoms with van der Waals surface area (Å²) in [6, 6.07) is 11.3. The van der Waals surface area contributed by atoms with Crippen molar-refractivity contribution in [1.82, 2.24) is 24.0 Å². The SMILES string of the molecule is C=CC(=O)Nc1cc(Nc2nc(-c3ccnc(N4CCn5c(cc6c5CC(C)(C)C6)C4=O)c3CO)cn(C)c2=O)ccc1N1CCN(C2CCN(c3ccc(S(=O)(=O)C(C)(C)C(F)(F)F)c(OC(F)(F)F)c3)[C@@H](C)C2)C[C@@H]1C. The molecule has 0 bridgehead atoms. The molecule has 3 aliphatic heterocycles.